The van der Waals surface area contributed by atoms with Crippen molar-refractivity contribution in [2.24, 2.45) is 0 Å². The molecule has 7 heteroatoms. The zero-order valence-electron chi connectivity index (χ0n) is 13.9. The molecule has 24 heavy (non-hydrogen) atoms. The maximum Gasteiger partial charge on any atom is 0.338 e. The van der Waals surface area contributed by atoms with E-state index < -0.39 is 21.9 Å². The van der Waals surface area contributed by atoms with E-state index in [0.29, 0.717) is 0 Å². The van der Waals surface area contributed by atoms with Gasteiger partial charge in [0, 0.05) is 12.3 Å². The Kier molecular flexibility index (Phi) is 5.99. The SMILES string of the molecule is CC(OC(=O)c1cccc(S(C)(=O)=O)c1)C(=O)NC1CCCCC1. The van der Waals surface area contributed by atoms with Crippen molar-refractivity contribution in [2.75, 3.05) is 6.26 Å². The molecular weight excluding hydrogens is 330 g/mol. The highest BCUT2D eigenvalue weighted by Gasteiger charge is 2.23. The molecule has 0 saturated heterocycles. The summed E-state index contributed by atoms with van der Waals surface area (Å²) in [7, 11) is -3.41. The van der Waals surface area contributed by atoms with Crippen LogP contribution in [0.25, 0.3) is 0 Å². The number of benzene rings is 1. The molecule has 0 radical (unpaired) electrons. The molecule has 1 aliphatic rings. The van der Waals surface area contributed by atoms with Gasteiger partial charge in [0.15, 0.2) is 15.9 Å². The third kappa shape index (κ3) is 5.06. The summed E-state index contributed by atoms with van der Waals surface area (Å²) in [5, 5.41) is 2.90. The van der Waals surface area contributed by atoms with Gasteiger partial charge in [-0.3, -0.25) is 4.79 Å². The molecule has 1 N–H and O–H groups in total. The van der Waals surface area contributed by atoms with Crippen LogP contribution in [0.1, 0.15) is 49.4 Å². The summed E-state index contributed by atoms with van der Waals surface area (Å²) in [6.07, 6.45) is 5.41. The van der Waals surface area contributed by atoms with Crippen LogP contribution in [0.15, 0.2) is 29.2 Å². The number of sulfone groups is 1. The second-order valence-electron chi connectivity index (χ2n) is 6.19. The average molecular weight is 353 g/mol. The first-order valence-corrected chi connectivity index (χ1v) is 9.98. The Balaban J connectivity index is 1.97. The lowest BCUT2D eigenvalue weighted by molar-refractivity contribution is -0.130. The van der Waals surface area contributed by atoms with Gasteiger partial charge < -0.3 is 10.1 Å². The van der Waals surface area contributed by atoms with Gasteiger partial charge in [0.2, 0.25) is 0 Å². The molecule has 1 amide bonds. The number of hydrogen-bond acceptors (Lipinski definition) is 5. The molecule has 2 rings (SSSR count). The molecular formula is C17H23NO5S. The Morgan fingerprint density at radius 3 is 2.50 bits per heavy atom. The number of carbonyl (C=O) groups is 2. The smallest absolute Gasteiger partial charge is 0.338 e. The summed E-state index contributed by atoms with van der Waals surface area (Å²) in [6, 6.07) is 5.73. The van der Waals surface area contributed by atoms with Gasteiger partial charge in [-0.1, -0.05) is 25.3 Å². The predicted molar refractivity (Wildman–Crippen MR) is 89.4 cm³/mol. The third-order valence-electron chi connectivity index (χ3n) is 4.10. The molecule has 1 unspecified atom stereocenters. The van der Waals surface area contributed by atoms with Crippen LogP contribution in [0.3, 0.4) is 0 Å². The number of amides is 1. The van der Waals surface area contributed by atoms with Crippen molar-refractivity contribution in [1.29, 1.82) is 0 Å². The van der Waals surface area contributed by atoms with Gasteiger partial charge in [0.25, 0.3) is 5.91 Å². The van der Waals surface area contributed by atoms with Crippen LogP contribution in [0, 0.1) is 0 Å². The van der Waals surface area contributed by atoms with Crippen molar-refractivity contribution in [2.45, 2.75) is 56.1 Å². The quantitative estimate of drug-likeness (QED) is 0.819. The fraction of sp³-hybridized carbons (Fsp3) is 0.529. The fourth-order valence-corrected chi connectivity index (χ4v) is 3.37. The first-order valence-electron chi connectivity index (χ1n) is 8.09. The zero-order chi connectivity index (χ0) is 17.7. The monoisotopic (exact) mass is 353 g/mol. The van der Waals surface area contributed by atoms with Crippen molar-refractivity contribution >= 4 is 21.7 Å². The van der Waals surface area contributed by atoms with Crippen molar-refractivity contribution in [1.82, 2.24) is 5.32 Å². The molecule has 0 aromatic heterocycles. The van der Waals surface area contributed by atoms with Crippen molar-refractivity contribution in [3.63, 3.8) is 0 Å². The largest absolute Gasteiger partial charge is 0.449 e. The standard InChI is InChI=1S/C17H23NO5S/c1-12(16(19)18-14-8-4-3-5-9-14)23-17(20)13-7-6-10-15(11-13)24(2,21)22/h6-7,10-12,14H,3-5,8-9H2,1-2H3,(H,18,19). The van der Waals surface area contributed by atoms with E-state index in [9.17, 15) is 18.0 Å². The van der Waals surface area contributed by atoms with Crippen LogP contribution < -0.4 is 5.32 Å². The molecule has 1 fully saturated rings. The van der Waals surface area contributed by atoms with Crippen LogP contribution in [0.5, 0.6) is 0 Å². The van der Waals surface area contributed by atoms with Gasteiger partial charge in [-0.05, 0) is 38.0 Å². The van der Waals surface area contributed by atoms with E-state index in [4.69, 9.17) is 4.74 Å². The van der Waals surface area contributed by atoms with Gasteiger partial charge in [0.1, 0.15) is 0 Å². The number of esters is 1. The Bertz CT molecular complexity index is 707. The van der Waals surface area contributed by atoms with Crippen molar-refractivity contribution in [3.8, 4) is 0 Å². The van der Waals surface area contributed by atoms with Crippen LogP contribution in [-0.4, -0.2) is 38.7 Å². The first kappa shape index (κ1) is 18.4. The highest BCUT2D eigenvalue weighted by Crippen LogP contribution is 2.18. The molecule has 1 aromatic rings. The van der Waals surface area contributed by atoms with E-state index >= 15 is 0 Å². The molecule has 132 valence electrons. The predicted octanol–water partition coefficient (Wildman–Crippen LogP) is 2.08. The molecule has 1 saturated carbocycles. The Hall–Kier alpha value is -1.89. The lowest BCUT2D eigenvalue weighted by atomic mass is 9.95. The maximum atomic E-state index is 12.1. The van der Waals surface area contributed by atoms with Crippen molar-refractivity contribution in [3.05, 3.63) is 29.8 Å². The summed E-state index contributed by atoms with van der Waals surface area (Å²) < 4.78 is 28.2. The lowest BCUT2D eigenvalue weighted by Gasteiger charge is -2.24. The molecule has 0 spiro atoms. The molecule has 0 heterocycles. The van der Waals surface area contributed by atoms with Crippen LogP contribution in [0.4, 0.5) is 0 Å². The Morgan fingerprint density at radius 1 is 1.21 bits per heavy atom. The second-order valence-corrected chi connectivity index (χ2v) is 8.21. The minimum Gasteiger partial charge on any atom is -0.449 e. The molecule has 0 aliphatic heterocycles. The van der Waals surface area contributed by atoms with Crippen LogP contribution in [0.2, 0.25) is 0 Å². The van der Waals surface area contributed by atoms with E-state index in [2.05, 4.69) is 5.32 Å². The summed E-state index contributed by atoms with van der Waals surface area (Å²) in [5.74, 6) is -1.04. The normalized spacial score (nSPS) is 17.1. The van der Waals surface area contributed by atoms with Crippen LogP contribution >= 0.6 is 0 Å². The highest BCUT2D eigenvalue weighted by molar-refractivity contribution is 7.90. The Morgan fingerprint density at radius 2 is 1.88 bits per heavy atom. The molecule has 0 bridgehead atoms. The maximum absolute atomic E-state index is 12.1. The topological polar surface area (TPSA) is 89.5 Å². The van der Waals surface area contributed by atoms with E-state index in [1.165, 1.54) is 37.6 Å². The summed E-state index contributed by atoms with van der Waals surface area (Å²) >= 11 is 0. The molecule has 1 atom stereocenters. The Labute approximate surface area is 142 Å². The molecule has 1 aliphatic carbocycles. The minimum atomic E-state index is -3.41. The van der Waals surface area contributed by atoms with E-state index in [1.54, 1.807) is 0 Å². The summed E-state index contributed by atoms with van der Waals surface area (Å²) in [5.41, 5.74) is 0.107. The number of ether oxygens (including phenoxy) is 1. The summed E-state index contributed by atoms with van der Waals surface area (Å²) in [4.78, 5) is 24.3. The second kappa shape index (κ2) is 7.79. The van der Waals surface area contributed by atoms with Gasteiger partial charge in [-0.25, -0.2) is 13.2 Å². The van der Waals surface area contributed by atoms with Crippen LogP contribution in [-0.2, 0) is 19.4 Å². The van der Waals surface area contributed by atoms with Crippen molar-refractivity contribution < 1.29 is 22.7 Å². The number of carbonyl (C=O) groups excluding carboxylic acids is 2. The van der Waals surface area contributed by atoms with E-state index in [1.807, 2.05) is 0 Å². The van der Waals surface area contributed by atoms with Gasteiger partial charge in [-0.15, -0.1) is 0 Å². The first-order chi connectivity index (χ1) is 11.3. The third-order valence-corrected chi connectivity index (χ3v) is 5.21. The number of hydrogen-bond donors (Lipinski definition) is 1. The van der Waals surface area contributed by atoms with Gasteiger partial charge in [-0.2, -0.15) is 0 Å². The minimum absolute atomic E-state index is 0.0382. The van der Waals surface area contributed by atoms with Gasteiger partial charge >= 0.3 is 5.97 Å². The molecule has 1 aromatic carbocycles. The fourth-order valence-electron chi connectivity index (χ4n) is 2.70. The lowest BCUT2D eigenvalue weighted by Crippen LogP contribution is -2.42. The van der Waals surface area contributed by atoms with E-state index in [-0.39, 0.29) is 22.4 Å². The molecule has 6 nitrogen and oxygen atoms in total. The average Bonchev–Trinajstić information content (AvgIpc) is 2.55. The van der Waals surface area contributed by atoms with E-state index in [0.717, 1.165) is 31.9 Å². The number of nitrogens with one attached hydrogen (secondary N) is 1. The van der Waals surface area contributed by atoms with Gasteiger partial charge in [0.05, 0.1) is 10.5 Å². The number of rotatable bonds is 5. The highest BCUT2D eigenvalue weighted by atomic mass is 32.2. The summed E-state index contributed by atoms with van der Waals surface area (Å²) in [6.45, 7) is 1.51. The zero-order valence-corrected chi connectivity index (χ0v) is 14.8.